The van der Waals surface area contributed by atoms with Crippen molar-refractivity contribution in [2.24, 2.45) is 5.41 Å². The van der Waals surface area contributed by atoms with Crippen LogP contribution < -0.4 is 10.4 Å². The van der Waals surface area contributed by atoms with Crippen LogP contribution in [0.3, 0.4) is 0 Å². The van der Waals surface area contributed by atoms with E-state index in [2.05, 4.69) is 104 Å². The van der Waals surface area contributed by atoms with Crippen LogP contribution in [0.5, 0.6) is 0 Å². The van der Waals surface area contributed by atoms with Gasteiger partial charge in [-0.3, -0.25) is 0 Å². The summed E-state index contributed by atoms with van der Waals surface area (Å²) in [6.07, 6.45) is 0.273. The SMILES string of the molecule is CC(C)(C)C(CI)O[SiH](c1ccccc1)c1ccccc1. The van der Waals surface area contributed by atoms with Gasteiger partial charge in [-0.25, -0.2) is 0 Å². The highest BCUT2D eigenvalue weighted by Gasteiger charge is 2.29. The molecule has 0 fully saturated rings. The fraction of sp³-hybridized carbons (Fsp3) is 0.333. The summed E-state index contributed by atoms with van der Waals surface area (Å²) in [6.45, 7) is 6.79. The molecule has 3 heteroatoms. The number of hydrogen-bond donors (Lipinski definition) is 0. The fourth-order valence-corrected chi connectivity index (χ4v) is 6.84. The van der Waals surface area contributed by atoms with E-state index in [4.69, 9.17) is 4.43 Å². The van der Waals surface area contributed by atoms with Gasteiger partial charge in [0.15, 0.2) is 0 Å². The lowest BCUT2D eigenvalue weighted by Crippen LogP contribution is -2.50. The van der Waals surface area contributed by atoms with E-state index in [-0.39, 0.29) is 11.5 Å². The predicted octanol–water partition coefficient (Wildman–Crippen LogP) is 3.39. The third kappa shape index (κ3) is 4.66. The van der Waals surface area contributed by atoms with Crippen LogP contribution in [0, 0.1) is 5.41 Å². The molecule has 1 unspecified atom stereocenters. The van der Waals surface area contributed by atoms with Crippen molar-refractivity contribution >= 4 is 42.0 Å². The molecule has 0 aliphatic heterocycles. The van der Waals surface area contributed by atoms with Gasteiger partial charge in [-0.05, 0) is 15.8 Å². The minimum atomic E-state index is -1.63. The number of hydrogen-bond acceptors (Lipinski definition) is 1. The largest absolute Gasteiger partial charge is 0.407 e. The Hall–Kier alpha value is -0.653. The number of alkyl halides is 1. The molecule has 0 bridgehead atoms. The zero-order valence-electron chi connectivity index (χ0n) is 12.9. The molecule has 112 valence electrons. The van der Waals surface area contributed by atoms with Crippen LogP contribution in [0.1, 0.15) is 20.8 Å². The van der Waals surface area contributed by atoms with Crippen LogP contribution in [0.25, 0.3) is 0 Å². The molecule has 0 aromatic heterocycles. The monoisotopic (exact) mass is 410 g/mol. The Labute approximate surface area is 143 Å². The molecule has 2 aromatic carbocycles. The topological polar surface area (TPSA) is 9.23 Å². The average molecular weight is 410 g/mol. The van der Waals surface area contributed by atoms with Gasteiger partial charge in [0, 0.05) is 4.43 Å². The Balaban J connectivity index is 2.33. The Morgan fingerprint density at radius 3 is 1.67 bits per heavy atom. The van der Waals surface area contributed by atoms with Gasteiger partial charge in [0.2, 0.25) is 9.04 Å². The molecule has 0 aliphatic rings. The molecule has 0 saturated heterocycles. The van der Waals surface area contributed by atoms with Crippen molar-refractivity contribution in [2.75, 3.05) is 4.43 Å². The molecule has 1 nitrogen and oxygen atoms in total. The van der Waals surface area contributed by atoms with Crippen LogP contribution in [0.4, 0.5) is 0 Å². The maximum Gasteiger partial charge on any atom is 0.240 e. The highest BCUT2D eigenvalue weighted by molar-refractivity contribution is 14.1. The van der Waals surface area contributed by atoms with E-state index in [0.29, 0.717) is 0 Å². The van der Waals surface area contributed by atoms with Gasteiger partial charge >= 0.3 is 0 Å². The van der Waals surface area contributed by atoms with Gasteiger partial charge in [-0.15, -0.1) is 0 Å². The van der Waals surface area contributed by atoms with E-state index < -0.39 is 9.04 Å². The molecule has 0 amide bonds. The Bertz CT molecular complexity index is 497. The van der Waals surface area contributed by atoms with E-state index in [1.54, 1.807) is 0 Å². The van der Waals surface area contributed by atoms with Crippen LogP contribution in [-0.4, -0.2) is 19.6 Å². The Morgan fingerprint density at radius 1 is 0.905 bits per heavy atom. The molecule has 0 saturated carbocycles. The maximum atomic E-state index is 6.67. The Morgan fingerprint density at radius 2 is 1.33 bits per heavy atom. The van der Waals surface area contributed by atoms with Crippen LogP contribution in [0.2, 0.25) is 0 Å². The number of rotatable bonds is 5. The maximum absolute atomic E-state index is 6.67. The molecule has 2 aromatic rings. The van der Waals surface area contributed by atoms with Gasteiger partial charge in [0.1, 0.15) is 0 Å². The second-order valence-electron chi connectivity index (χ2n) is 6.35. The molecule has 0 spiro atoms. The molecule has 0 heterocycles. The van der Waals surface area contributed by atoms with E-state index in [1.807, 2.05) is 0 Å². The summed E-state index contributed by atoms with van der Waals surface area (Å²) in [4.78, 5) is 0. The van der Waals surface area contributed by atoms with Gasteiger partial charge in [-0.1, -0.05) is 104 Å². The summed E-state index contributed by atoms with van der Waals surface area (Å²) in [7, 11) is -1.63. The van der Waals surface area contributed by atoms with Crippen LogP contribution in [0.15, 0.2) is 60.7 Å². The molecule has 2 rings (SSSR count). The Kier molecular flexibility index (Phi) is 6.02. The summed E-state index contributed by atoms with van der Waals surface area (Å²) < 4.78 is 7.69. The first-order chi connectivity index (χ1) is 10.0. The third-order valence-corrected chi connectivity index (χ3v) is 6.99. The molecule has 21 heavy (non-hydrogen) atoms. The predicted molar refractivity (Wildman–Crippen MR) is 103 cm³/mol. The van der Waals surface area contributed by atoms with Crippen molar-refractivity contribution in [3.63, 3.8) is 0 Å². The summed E-state index contributed by atoms with van der Waals surface area (Å²) in [6, 6.07) is 21.4. The van der Waals surface area contributed by atoms with E-state index in [9.17, 15) is 0 Å². The lowest BCUT2D eigenvalue weighted by molar-refractivity contribution is 0.114. The van der Waals surface area contributed by atoms with Gasteiger partial charge in [-0.2, -0.15) is 0 Å². The van der Waals surface area contributed by atoms with Crippen molar-refractivity contribution in [2.45, 2.75) is 26.9 Å². The van der Waals surface area contributed by atoms with Crippen LogP contribution in [-0.2, 0) is 4.43 Å². The summed E-state index contributed by atoms with van der Waals surface area (Å²) >= 11 is 2.44. The quantitative estimate of drug-likeness (QED) is 0.417. The molecule has 1 atom stereocenters. The fourth-order valence-electron chi connectivity index (χ4n) is 2.24. The standard InChI is InChI=1S/C18H23IOSi/c1-18(2,3)17(14-19)20-21(15-10-6-4-7-11-15)16-12-8-5-9-13-16/h4-13,17,21H,14H2,1-3H3. The van der Waals surface area contributed by atoms with Crippen molar-refractivity contribution in [1.29, 1.82) is 0 Å². The summed E-state index contributed by atoms with van der Waals surface area (Å²) in [5.41, 5.74) is 0.163. The number of benzene rings is 2. The molecule has 0 aliphatic carbocycles. The molecular weight excluding hydrogens is 387 g/mol. The zero-order chi connectivity index (χ0) is 15.3. The average Bonchev–Trinajstić information content (AvgIpc) is 2.49. The number of halogens is 1. The molecule has 0 radical (unpaired) electrons. The first-order valence-corrected chi connectivity index (χ1v) is 10.5. The zero-order valence-corrected chi connectivity index (χ0v) is 16.2. The first-order valence-electron chi connectivity index (χ1n) is 7.33. The normalized spacial score (nSPS) is 13.4. The van der Waals surface area contributed by atoms with Crippen molar-refractivity contribution < 1.29 is 4.43 Å². The van der Waals surface area contributed by atoms with Crippen LogP contribution >= 0.6 is 22.6 Å². The van der Waals surface area contributed by atoms with E-state index in [1.165, 1.54) is 10.4 Å². The highest BCUT2D eigenvalue weighted by Crippen LogP contribution is 2.24. The first kappa shape index (κ1) is 16.7. The third-order valence-electron chi connectivity index (χ3n) is 3.61. The van der Waals surface area contributed by atoms with Crippen molar-refractivity contribution in [3.8, 4) is 0 Å². The van der Waals surface area contributed by atoms with E-state index in [0.717, 1.165) is 4.43 Å². The second-order valence-corrected chi connectivity index (χ2v) is 9.59. The lowest BCUT2D eigenvalue weighted by atomic mass is 9.91. The van der Waals surface area contributed by atoms with Crippen molar-refractivity contribution in [3.05, 3.63) is 60.7 Å². The summed E-state index contributed by atoms with van der Waals surface area (Å²) in [5.74, 6) is 0. The summed E-state index contributed by atoms with van der Waals surface area (Å²) in [5, 5.41) is 2.70. The minimum absolute atomic E-state index is 0.163. The van der Waals surface area contributed by atoms with Gasteiger partial charge in [0.25, 0.3) is 0 Å². The van der Waals surface area contributed by atoms with Gasteiger partial charge < -0.3 is 4.43 Å². The molecule has 0 N–H and O–H groups in total. The minimum Gasteiger partial charge on any atom is -0.407 e. The lowest BCUT2D eigenvalue weighted by Gasteiger charge is -2.33. The van der Waals surface area contributed by atoms with E-state index >= 15 is 0 Å². The highest BCUT2D eigenvalue weighted by atomic mass is 127. The second kappa shape index (κ2) is 7.56. The van der Waals surface area contributed by atoms with Gasteiger partial charge in [0.05, 0.1) is 6.10 Å². The molecular formula is C18H23IOSi. The smallest absolute Gasteiger partial charge is 0.240 e. The van der Waals surface area contributed by atoms with Crippen molar-refractivity contribution in [1.82, 2.24) is 0 Å².